The van der Waals surface area contributed by atoms with Crippen molar-refractivity contribution >= 4 is 17.2 Å². The molecule has 0 unspecified atom stereocenters. The second-order valence-corrected chi connectivity index (χ2v) is 6.39. The second-order valence-electron chi connectivity index (χ2n) is 5.34. The van der Waals surface area contributed by atoms with Gasteiger partial charge in [0.25, 0.3) is 5.91 Å². The zero-order valence-corrected chi connectivity index (χ0v) is 12.8. The summed E-state index contributed by atoms with van der Waals surface area (Å²) in [6.07, 6.45) is 6.45. The van der Waals surface area contributed by atoms with Crippen LogP contribution in [-0.2, 0) is 0 Å². The van der Waals surface area contributed by atoms with Crippen LogP contribution < -0.4 is 11.1 Å². The molecule has 3 nitrogen and oxygen atoms in total. The molecule has 0 saturated heterocycles. The van der Waals surface area contributed by atoms with Crippen molar-refractivity contribution < 1.29 is 4.79 Å². The largest absolute Gasteiger partial charge is 0.351 e. The number of nitrogens with one attached hydrogen (secondary N) is 1. The van der Waals surface area contributed by atoms with Gasteiger partial charge >= 0.3 is 0 Å². The molecule has 20 heavy (non-hydrogen) atoms. The van der Waals surface area contributed by atoms with Gasteiger partial charge in [0.1, 0.15) is 0 Å². The summed E-state index contributed by atoms with van der Waals surface area (Å²) < 4.78 is 0. The van der Waals surface area contributed by atoms with E-state index in [1.807, 2.05) is 13.0 Å². The van der Waals surface area contributed by atoms with Crippen molar-refractivity contribution in [3.05, 3.63) is 21.4 Å². The number of hydrogen-bond donors (Lipinski definition) is 2. The van der Waals surface area contributed by atoms with E-state index in [0.29, 0.717) is 12.5 Å². The maximum Gasteiger partial charge on any atom is 0.261 e. The first-order valence-electron chi connectivity index (χ1n) is 7.28. The Kier molecular flexibility index (Phi) is 5.63. The summed E-state index contributed by atoms with van der Waals surface area (Å²) in [7, 11) is 0. The Morgan fingerprint density at radius 2 is 2.20 bits per heavy atom. The summed E-state index contributed by atoms with van der Waals surface area (Å²) in [5, 5.41) is 3.06. The number of thiophene rings is 1. The molecule has 1 amide bonds. The normalized spacial score (nSPS) is 15.5. The van der Waals surface area contributed by atoms with E-state index in [9.17, 15) is 4.79 Å². The third-order valence-corrected chi connectivity index (χ3v) is 4.87. The van der Waals surface area contributed by atoms with Gasteiger partial charge in [-0.1, -0.05) is 31.1 Å². The third-order valence-electron chi connectivity index (χ3n) is 3.72. The summed E-state index contributed by atoms with van der Waals surface area (Å²) in [4.78, 5) is 13.8. The van der Waals surface area contributed by atoms with Gasteiger partial charge in [-0.25, -0.2) is 0 Å². The van der Waals surface area contributed by atoms with Gasteiger partial charge in [-0.2, -0.15) is 0 Å². The molecule has 108 valence electrons. The molecule has 1 aromatic rings. The molecule has 1 aromatic heterocycles. The Labute approximate surface area is 124 Å². The summed E-state index contributed by atoms with van der Waals surface area (Å²) >= 11 is 1.45. The number of amides is 1. The number of carbonyl (C=O) groups excluding carboxylic acids is 1. The van der Waals surface area contributed by atoms with Crippen molar-refractivity contribution in [2.24, 2.45) is 11.7 Å². The average Bonchev–Trinajstić information content (AvgIpc) is 2.85. The summed E-state index contributed by atoms with van der Waals surface area (Å²) in [6, 6.07) is 1.92. The molecule has 3 N–H and O–H groups in total. The summed E-state index contributed by atoms with van der Waals surface area (Å²) in [6.45, 7) is 3.13. The molecule has 4 heteroatoms. The molecular formula is C16H22N2OS. The molecule has 0 aromatic carbocycles. The van der Waals surface area contributed by atoms with Crippen LogP contribution in [0, 0.1) is 24.7 Å². The summed E-state index contributed by atoms with van der Waals surface area (Å²) in [5.74, 6) is 6.54. The maximum atomic E-state index is 12.2. The van der Waals surface area contributed by atoms with E-state index in [4.69, 9.17) is 5.73 Å². The predicted molar refractivity (Wildman–Crippen MR) is 83.9 cm³/mol. The number of carbonyl (C=O) groups is 1. The molecule has 0 spiro atoms. The van der Waals surface area contributed by atoms with E-state index in [-0.39, 0.29) is 5.91 Å². The quantitative estimate of drug-likeness (QED) is 0.841. The highest BCUT2D eigenvalue weighted by Gasteiger charge is 2.16. The van der Waals surface area contributed by atoms with Crippen LogP contribution in [0.3, 0.4) is 0 Å². The number of nitrogens with two attached hydrogens (primary N) is 1. The molecule has 0 radical (unpaired) electrons. The van der Waals surface area contributed by atoms with Crippen LogP contribution in [-0.4, -0.2) is 19.0 Å². The van der Waals surface area contributed by atoms with Crippen molar-refractivity contribution in [1.82, 2.24) is 5.32 Å². The Morgan fingerprint density at radius 1 is 1.45 bits per heavy atom. The first-order chi connectivity index (χ1) is 9.70. The van der Waals surface area contributed by atoms with Gasteiger partial charge in [-0.3, -0.25) is 4.79 Å². The fourth-order valence-electron chi connectivity index (χ4n) is 2.56. The van der Waals surface area contributed by atoms with Gasteiger partial charge in [0, 0.05) is 6.54 Å². The fraction of sp³-hybridized carbons (Fsp3) is 0.562. The molecule has 0 bridgehead atoms. The lowest BCUT2D eigenvalue weighted by atomic mass is 9.89. The van der Waals surface area contributed by atoms with Crippen LogP contribution in [0.15, 0.2) is 6.07 Å². The molecule has 1 aliphatic rings. The van der Waals surface area contributed by atoms with Crippen LogP contribution in [0.1, 0.15) is 52.2 Å². The lowest BCUT2D eigenvalue weighted by Gasteiger charge is -2.21. The van der Waals surface area contributed by atoms with E-state index < -0.39 is 0 Å². The molecule has 0 atom stereocenters. The van der Waals surface area contributed by atoms with Gasteiger partial charge in [0.15, 0.2) is 0 Å². The van der Waals surface area contributed by atoms with Gasteiger partial charge < -0.3 is 11.1 Å². The Balaban J connectivity index is 1.91. The number of rotatable bonds is 3. The highest BCUT2D eigenvalue weighted by atomic mass is 32.1. The van der Waals surface area contributed by atoms with Gasteiger partial charge in [0.05, 0.1) is 16.3 Å². The summed E-state index contributed by atoms with van der Waals surface area (Å²) in [5.41, 5.74) is 6.43. The molecule has 0 aliphatic heterocycles. The Morgan fingerprint density at radius 3 is 2.90 bits per heavy atom. The van der Waals surface area contributed by atoms with Crippen molar-refractivity contribution in [2.75, 3.05) is 13.1 Å². The Hall–Kier alpha value is -1.31. The standard InChI is InChI=1S/C16H22N2OS/c1-12-10-15(20-14(12)8-5-9-17)16(19)18-11-13-6-3-2-4-7-13/h10,13H,2-4,6-7,9,11,17H2,1H3,(H,18,19). The molecule has 1 saturated carbocycles. The zero-order valence-electron chi connectivity index (χ0n) is 12.0. The van der Waals surface area contributed by atoms with Crippen LogP contribution in [0.4, 0.5) is 0 Å². The van der Waals surface area contributed by atoms with Crippen LogP contribution in [0.2, 0.25) is 0 Å². The molecule has 1 fully saturated rings. The van der Waals surface area contributed by atoms with E-state index in [1.54, 1.807) is 0 Å². The predicted octanol–water partition coefficient (Wildman–Crippen LogP) is 2.68. The van der Waals surface area contributed by atoms with Crippen LogP contribution in [0.25, 0.3) is 0 Å². The number of aryl methyl sites for hydroxylation is 1. The zero-order chi connectivity index (χ0) is 14.4. The smallest absolute Gasteiger partial charge is 0.261 e. The minimum Gasteiger partial charge on any atom is -0.351 e. The van der Waals surface area contributed by atoms with E-state index >= 15 is 0 Å². The van der Waals surface area contributed by atoms with Crippen molar-refractivity contribution in [3.63, 3.8) is 0 Å². The van der Waals surface area contributed by atoms with Gasteiger partial charge in [-0.05, 0) is 37.3 Å². The molecule has 1 aliphatic carbocycles. The first-order valence-corrected chi connectivity index (χ1v) is 8.10. The van der Waals surface area contributed by atoms with E-state index in [0.717, 1.165) is 21.9 Å². The van der Waals surface area contributed by atoms with Gasteiger partial charge in [-0.15, -0.1) is 11.3 Å². The van der Waals surface area contributed by atoms with E-state index in [2.05, 4.69) is 17.2 Å². The molecule has 2 rings (SSSR count). The Bertz CT molecular complexity index is 518. The van der Waals surface area contributed by atoms with Crippen molar-refractivity contribution in [1.29, 1.82) is 0 Å². The third kappa shape index (κ3) is 4.09. The van der Waals surface area contributed by atoms with Gasteiger partial charge in [0.2, 0.25) is 0 Å². The second kappa shape index (κ2) is 7.47. The topological polar surface area (TPSA) is 55.1 Å². The van der Waals surface area contributed by atoms with Crippen LogP contribution >= 0.6 is 11.3 Å². The molecule has 1 heterocycles. The van der Waals surface area contributed by atoms with E-state index in [1.165, 1.54) is 43.4 Å². The highest BCUT2D eigenvalue weighted by molar-refractivity contribution is 7.14. The monoisotopic (exact) mass is 290 g/mol. The molecular weight excluding hydrogens is 268 g/mol. The highest BCUT2D eigenvalue weighted by Crippen LogP contribution is 2.24. The average molecular weight is 290 g/mol. The minimum atomic E-state index is 0.0319. The van der Waals surface area contributed by atoms with Crippen molar-refractivity contribution in [3.8, 4) is 11.8 Å². The lowest BCUT2D eigenvalue weighted by Crippen LogP contribution is -2.29. The SMILES string of the molecule is Cc1cc(C(=O)NCC2CCCCC2)sc1C#CCN. The van der Waals surface area contributed by atoms with Crippen LogP contribution in [0.5, 0.6) is 0 Å². The number of hydrogen-bond acceptors (Lipinski definition) is 3. The van der Waals surface area contributed by atoms with Crippen molar-refractivity contribution in [2.45, 2.75) is 39.0 Å². The minimum absolute atomic E-state index is 0.0319. The fourth-order valence-corrected chi connectivity index (χ4v) is 3.53. The first kappa shape index (κ1) is 15.1. The maximum absolute atomic E-state index is 12.2. The lowest BCUT2D eigenvalue weighted by molar-refractivity contribution is 0.0947.